The Morgan fingerprint density at radius 2 is 1.24 bits per heavy atom. The summed E-state index contributed by atoms with van der Waals surface area (Å²) in [5.41, 5.74) is 0.710. The summed E-state index contributed by atoms with van der Waals surface area (Å²) in [5.74, 6) is 0.574. The van der Waals surface area contributed by atoms with E-state index >= 15 is 0 Å². The zero-order chi connectivity index (χ0) is 23.5. The predicted octanol–water partition coefficient (Wildman–Crippen LogP) is 4.84. The third-order valence-electron chi connectivity index (χ3n) is 4.90. The standard InChI is InChI=1S/C24H22N2O5S2/c1-2-31-20-12-16-22(17-13-20)32(27,28)25-19-10-14-21(15-11-19)33(29,30)26-24-9-5-7-18-6-3-4-8-23(18)24/h3-17,25-26H,2H2,1H3. The Morgan fingerprint density at radius 1 is 0.667 bits per heavy atom. The van der Waals surface area contributed by atoms with Crippen LogP contribution in [0.5, 0.6) is 5.75 Å². The smallest absolute Gasteiger partial charge is 0.261 e. The fraction of sp³-hybridized carbons (Fsp3) is 0.0833. The van der Waals surface area contributed by atoms with Gasteiger partial charge in [-0.05, 0) is 66.9 Å². The van der Waals surface area contributed by atoms with Crippen LogP contribution in [0.3, 0.4) is 0 Å². The zero-order valence-electron chi connectivity index (χ0n) is 17.7. The maximum Gasteiger partial charge on any atom is 0.261 e. The average molecular weight is 483 g/mol. The summed E-state index contributed by atoms with van der Waals surface area (Å²) in [4.78, 5) is 0.0831. The quantitative estimate of drug-likeness (QED) is 0.374. The molecule has 0 heterocycles. The van der Waals surface area contributed by atoms with Gasteiger partial charge in [-0.1, -0.05) is 36.4 Å². The third-order valence-corrected chi connectivity index (χ3v) is 7.67. The van der Waals surface area contributed by atoms with E-state index in [-0.39, 0.29) is 15.5 Å². The Bertz CT molecular complexity index is 1480. The number of anilines is 2. The lowest BCUT2D eigenvalue weighted by molar-refractivity contribution is 0.340. The maximum absolute atomic E-state index is 12.9. The number of nitrogens with one attached hydrogen (secondary N) is 2. The summed E-state index contributed by atoms with van der Waals surface area (Å²) < 4.78 is 61.4. The van der Waals surface area contributed by atoms with E-state index < -0.39 is 20.0 Å². The van der Waals surface area contributed by atoms with Crippen LogP contribution in [-0.2, 0) is 20.0 Å². The molecule has 0 atom stereocenters. The van der Waals surface area contributed by atoms with Crippen molar-refractivity contribution >= 4 is 42.2 Å². The van der Waals surface area contributed by atoms with Crippen LogP contribution in [0.1, 0.15) is 6.92 Å². The first-order valence-corrected chi connectivity index (χ1v) is 13.1. The Labute approximate surface area is 193 Å². The topological polar surface area (TPSA) is 102 Å². The molecular formula is C24H22N2O5S2. The fourth-order valence-corrected chi connectivity index (χ4v) is 5.45. The highest BCUT2D eigenvalue weighted by molar-refractivity contribution is 7.93. The molecule has 0 aliphatic heterocycles. The predicted molar refractivity (Wildman–Crippen MR) is 130 cm³/mol. The molecule has 4 aromatic rings. The van der Waals surface area contributed by atoms with Crippen molar-refractivity contribution < 1.29 is 21.6 Å². The molecule has 4 rings (SSSR count). The van der Waals surface area contributed by atoms with Gasteiger partial charge in [-0.15, -0.1) is 0 Å². The molecule has 9 heteroatoms. The Kier molecular flexibility index (Phi) is 6.26. The molecule has 0 aliphatic rings. The summed E-state index contributed by atoms with van der Waals surface area (Å²) in [6, 6.07) is 24.4. The van der Waals surface area contributed by atoms with Crippen molar-refractivity contribution in [1.29, 1.82) is 0 Å². The van der Waals surface area contributed by atoms with Gasteiger partial charge >= 0.3 is 0 Å². The molecular weight excluding hydrogens is 460 g/mol. The van der Waals surface area contributed by atoms with Gasteiger partial charge in [0.15, 0.2) is 0 Å². The van der Waals surface area contributed by atoms with Crippen molar-refractivity contribution in [2.75, 3.05) is 16.1 Å². The number of fused-ring (bicyclic) bond motifs is 1. The lowest BCUT2D eigenvalue weighted by atomic mass is 10.1. The van der Waals surface area contributed by atoms with Crippen molar-refractivity contribution in [3.63, 3.8) is 0 Å². The van der Waals surface area contributed by atoms with Crippen molar-refractivity contribution in [2.24, 2.45) is 0 Å². The van der Waals surface area contributed by atoms with Gasteiger partial charge in [0.05, 0.1) is 22.1 Å². The van der Waals surface area contributed by atoms with Crippen LogP contribution in [0.15, 0.2) is 101 Å². The number of rotatable bonds is 8. The molecule has 0 aromatic heterocycles. The van der Waals surface area contributed by atoms with E-state index in [0.717, 1.165) is 10.8 Å². The SMILES string of the molecule is CCOc1ccc(S(=O)(=O)Nc2ccc(S(=O)(=O)Nc3cccc4ccccc34)cc2)cc1. The summed E-state index contributed by atoms with van der Waals surface area (Å²) in [7, 11) is -7.71. The Hall–Kier alpha value is -3.56. The van der Waals surface area contributed by atoms with Crippen LogP contribution in [-0.4, -0.2) is 23.4 Å². The van der Waals surface area contributed by atoms with Crippen molar-refractivity contribution in [1.82, 2.24) is 0 Å². The molecule has 0 radical (unpaired) electrons. The van der Waals surface area contributed by atoms with Crippen LogP contribution in [0.25, 0.3) is 10.8 Å². The molecule has 4 aromatic carbocycles. The first kappa shape index (κ1) is 22.6. The first-order valence-electron chi connectivity index (χ1n) is 10.1. The minimum absolute atomic E-state index is 0.0134. The van der Waals surface area contributed by atoms with Gasteiger partial charge in [-0.2, -0.15) is 0 Å². The van der Waals surface area contributed by atoms with Gasteiger partial charge in [-0.25, -0.2) is 16.8 Å². The van der Waals surface area contributed by atoms with E-state index in [1.807, 2.05) is 37.3 Å². The second-order valence-electron chi connectivity index (χ2n) is 7.17. The van der Waals surface area contributed by atoms with Gasteiger partial charge in [0.25, 0.3) is 20.0 Å². The molecule has 0 saturated carbocycles. The number of ether oxygens (including phenoxy) is 1. The monoisotopic (exact) mass is 482 g/mol. The number of hydrogen-bond acceptors (Lipinski definition) is 5. The van der Waals surface area contributed by atoms with Crippen molar-refractivity contribution in [3.8, 4) is 5.75 Å². The molecule has 0 amide bonds. The highest BCUT2D eigenvalue weighted by atomic mass is 32.2. The van der Waals surface area contributed by atoms with E-state index in [9.17, 15) is 16.8 Å². The normalized spacial score (nSPS) is 11.8. The first-order chi connectivity index (χ1) is 15.8. The largest absolute Gasteiger partial charge is 0.494 e. The van der Waals surface area contributed by atoms with Crippen LogP contribution in [0.2, 0.25) is 0 Å². The van der Waals surface area contributed by atoms with Crippen molar-refractivity contribution in [2.45, 2.75) is 16.7 Å². The molecule has 0 spiro atoms. The van der Waals surface area contributed by atoms with Gasteiger partial charge < -0.3 is 4.74 Å². The molecule has 0 saturated heterocycles. The molecule has 2 N–H and O–H groups in total. The maximum atomic E-state index is 12.9. The fourth-order valence-electron chi connectivity index (χ4n) is 3.32. The molecule has 0 unspecified atom stereocenters. The zero-order valence-corrected chi connectivity index (χ0v) is 19.4. The van der Waals surface area contributed by atoms with Crippen LogP contribution < -0.4 is 14.2 Å². The van der Waals surface area contributed by atoms with Crippen LogP contribution in [0.4, 0.5) is 11.4 Å². The average Bonchev–Trinajstić information content (AvgIpc) is 2.80. The van der Waals surface area contributed by atoms with E-state index in [1.54, 1.807) is 24.3 Å². The number of benzene rings is 4. The highest BCUT2D eigenvalue weighted by Gasteiger charge is 2.18. The summed E-state index contributed by atoms with van der Waals surface area (Å²) >= 11 is 0. The van der Waals surface area contributed by atoms with Gasteiger partial charge in [0, 0.05) is 11.1 Å². The van der Waals surface area contributed by atoms with Crippen molar-refractivity contribution in [3.05, 3.63) is 91.0 Å². The number of hydrogen-bond donors (Lipinski definition) is 2. The lowest BCUT2D eigenvalue weighted by Crippen LogP contribution is -2.14. The molecule has 0 bridgehead atoms. The second-order valence-corrected chi connectivity index (χ2v) is 10.5. The van der Waals surface area contributed by atoms with Gasteiger partial charge in [0.2, 0.25) is 0 Å². The van der Waals surface area contributed by atoms with E-state index in [4.69, 9.17) is 4.74 Å². The Morgan fingerprint density at radius 3 is 1.91 bits per heavy atom. The molecule has 7 nitrogen and oxygen atoms in total. The molecule has 0 aliphatic carbocycles. The molecule has 0 fully saturated rings. The van der Waals surface area contributed by atoms with E-state index in [2.05, 4.69) is 9.44 Å². The second kappa shape index (κ2) is 9.13. The Balaban J connectivity index is 1.52. The molecule has 33 heavy (non-hydrogen) atoms. The lowest BCUT2D eigenvalue weighted by Gasteiger charge is -2.12. The third kappa shape index (κ3) is 5.10. The highest BCUT2D eigenvalue weighted by Crippen LogP contribution is 2.26. The van der Waals surface area contributed by atoms with Crippen LogP contribution >= 0.6 is 0 Å². The number of sulfonamides is 2. The minimum Gasteiger partial charge on any atom is -0.494 e. The summed E-state index contributed by atoms with van der Waals surface area (Å²) in [5, 5.41) is 1.69. The summed E-state index contributed by atoms with van der Waals surface area (Å²) in [6.45, 7) is 2.32. The van der Waals surface area contributed by atoms with E-state index in [0.29, 0.717) is 18.0 Å². The molecule has 170 valence electrons. The van der Waals surface area contributed by atoms with Gasteiger partial charge in [0.1, 0.15) is 5.75 Å². The van der Waals surface area contributed by atoms with Gasteiger partial charge in [-0.3, -0.25) is 9.44 Å². The van der Waals surface area contributed by atoms with Crippen LogP contribution in [0, 0.1) is 0 Å². The van der Waals surface area contributed by atoms with E-state index in [1.165, 1.54) is 36.4 Å². The summed E-state index contributed by atoms with van der Waals surface area (Å²) in [6.07, 6.45) is 0. The minimum atomic E-state index is -3.87.